The topological polar surface area (TPSA) is 82.6 Å². The lowest BCUT2D eigenvalue weighted by Crippen LogP contribution is -2.48. The molecule has 3 aliphatic heterocycles. The summed E-state index contributed by atoms with van der Waals surface area (Å²) >= 11 is -0.488. The second-order valence-electron chi connectivity index (χ2n) is 6.89. The minimum absolute atomic E-state index is 0.172. The highest BCUT2D eigenvalue weighted by Gasteiger charge is 2.33. The lowest BCUT2D eigenvalue weighted by molar-refractivity contribution is 0.100. The number of nitrogens with one attached hydrogen (secondary N) is 2. The van der Waals surface area contributed by atoms with Gasteiger partial charge in [-0.15, -0.1) is 0 Å². The van der Waals surface area contributed by atoms with Crippen LogP contribution in [-0.2, 0) is 4.74 Å². The third kappa shape index (κ3) is 3.81. The Bertz CT molecular complexity index is 813. The number of rotatable bonds is 6. The maximum Gasteiger partial charge on any atom is 0.302 e. The SMILES string of the molecule is COCCNc1ccc2[nH]nc(C(=O)N=IC3CN4CCC3CC4)c2c1. The number of methoxy groups -OCH3 is 1. The van der Waals surface area contributed by atoms with E-state index in [1.165, 1.54) is 25.9 Å². The van der Waals surface area contributed by atoms with Crippen LogP contribution in [0.4, 0.5) is 5.69 Å². The quantitative estimate of drug-likeness (QED) is 0.386. The molecule has 1 atom stereocenters. The smallest absolute Gasteiger partial charge is 0.302 e. The number of piperidine rings is 3. The van der Waals surface area contributed by atoms with Crippen molar-refractivity contribution in [3.8, 4) is 0 Å². The molecule has 8 heteroatoms. The van der Waals surface area contributed by atoms with Gasteiger partial charge in [0.15, 0.2) is 5.69 Å². The van der Waals surface area contributed by atoms with E-state index in [9.17, 15) is 4.79 Å². The molecule has 0 radical (unpaired) electrons. The van der Waals surface area contributed by atoms with E-state index < -0.39 is 21.0 Å². The molecule has 3 aliphatic rings. The molecule has 0 spiro atoms. The molecule has 1 amide bonds. The number of alkyl halides is 1. The number of halogens is 1. The van der Waals surface area contributed by atoms with E-state index in [0.717, 1.165) is 35.6 Å². The number of anilines is 1. The third-order valence-electron chi connectivity index (χ3n) is 5.23. The van der Waals surface area contributed by atoms with Crippen molar-refractivity contribution in [2.45, 2.75) is 16.8 Å². The Hall–Kier alpha value is -1.39. The van der Waals surface area contributed by atoms with Crippen LogP contribution in [0.5, 0.6) is 0 Å². The van der Waals surface area contributed by atoms with E-state index in [1.54, 1.807) is 7.11 Å². The molecule has 140 valence electrons. The highest BCUT2D eigenvalue weighted by molar-refractivity contribution is 14.2. The molecule has 4 heterocycles. The second-order valence-corrected chi connectivity index (χ2v) is 9.53. The molecule has 3 fully saturated rings. The van der Waals surface area contributed by atoms with Crippen molar-refractivity contribution in [2.24, 2.45) is 9.06 Å². The fourth-order valence-corrected chi connectivity index (χ4v) is 6.48. The van der Waals surface area contributed by atoms with Crippen LogP contribution < -0.4 is 5.32 Å². The van der Waals surface area contributed by atoms with E-state index in [-0.39, 0.29) is 5.91 Å². The number of H-pyrrole nitrogens is 1. The predicted octanol–water partition coefficient (Wildman–Crippen LogP) is 3.01. The number of fused-ring (bicyclic) bond motifs is 4. The summed E-state index contributed by atoms with van der Waals surface area (Å²) in [6.07, 6.45) is 2.55. The Morgan fingerprint density at radius 3 is 3.04 bits per heavy atom. The molecule has 7 nitrogen and oxygen atoms in total. The van der Waals surface area contributed by atoms with Gasteiger partial charge in [-0.3, -0.25) is 9.89 Å². The molecule has 1 unspecified atom stereocenters. The van der Waals surface area contributed by atoms with Crippen molar-refractivity contribution in [3.05, 3.63) is 23.9 Å². The zero-order valence-corrected chi connectivity index (χ0v) is 17.0. The van der Waals surface area contributed by atoms with Crippen molar-refractivity contribution >= 4 is 43.5 Å². The van der Waals surface area contributed by atoms with Crippen LogP contribution in [-0.4, -0.2) is 64.8 Å². The Morgan fingerprint density at radius 1 is 1.46 bits per heavy atom. The monoisotopic (exact) mass is 469 g/mol. The maximum absolute atomic E-state index is 12.7. The van der Waals surface area contributed by atoms with Crippen LogP contribution in [0.1, 0.15) is 23.3 Å². The molecule has 0 aliphatic carbocycles. The van der Waals surface area contributed by atoms with Gasteiger partial charge in [-0.2, -0.15) is 8.24 Å². The third-order valence-corrected chi connectivity index (χ3v) is 8.07. The Labute approximate surface area is 163 Å². The summed E-state index contributed by atoms with van der Waals surface area (Å²) < 4.78 is 10.2. The number of carbonyl (C=O) groups is 1. The van der Waals surface area contributed by atoms with Gasteiger partial charge < -0.3 is 15.0 Å². The normalized spacial score (nSPS) is 25.5. The summed E-state index contributed by atoms with van der Waals surface area (Å²) in [5, 5.41) is 11.3. The Morgan fingerprint density at radius 2 is 2.31 bits per heavy atom. The van der Waals surface area contributed by atoms with Crippen LogP contribution >= 0.6 is 21.0 Å². The molecule has 5 rings (SSSR count). The average molecular weight is 469 g/mol. The number of carbonyl (C=O) groups excluding carboxylic acids is 1. The van der Waals surface area contributed by atoms with E-state index >= 15 is 0 Å². The van der Waals surface area contributed by atoms with Gasteiger partial charge in [-0.05, 0) is 50.0 Å². The molecule has 2 aromatic rings. The van der Waals surface area contributed by atoms with Crippen LogP contribution in [0.2, 0.25) is 0 Å². The average Bonchev–Trinajstić information content (AvgIpc) is 3.11. The van der Waals surface area contributed by atoms with Gasteiger partial charge in [-0.1, -0.05) is 0 Å². The number of ether oxygens (including phenoxy) is 1. The summed E-state index contributed by atoms with van der Waals surface area (Å²) in [6, 6.07) is 5.88. The summed E-state index contributed by atoms with van der Waals surface area (Å²) in [6.45, 7) is 4.93. The first-order valence-electron chi connectivity index (χ1n) is 9.06. The lowest BCUT2D eigenvalue weighted by atomic mass is 9.88. The van der Waals surface area contributed by atoms with Gasteiger partial charge in [0.05, 0.1) is 12.1 Å². The number of nitrogens with zero attached hydrogens (tertiary/aromatic N) is 3. The lowest BCUT2D eigenvalue weighted by Gasteiger charge is -2.42. The van der Waals surface area contributed by atoms with E-state index in [0.29, 0.717) is 16.2 Å². The van der Waals surface area contributed by atoms with Gasteiger partial charge >= 0.3 is 5.91 Å². The highest BCUT2D eigenvalue weighted by atomic mass is 127. The van der Waals surface area contributed by atoms with E-state index in [2.05, 4.69) is 23.6 Å². The van der Waals surface area contributed by atoms with E-state index in [4.69, 9.17) is 4.74 Å². The van der Waals surface area contributed by atoms with Crippen LogP contribution in [0.25, 0.3) is 10.9 Å². The second kappa shape index (κ2) is 8.10. The number of hydrogen-bond acceptors (Lipinski definition) is 5. The first kappa shape index (κ1) is 18.0. The van der Waals surface area contributed by atoms with E-state index in [1.807, 2.05) is 18.2 Å². The summed E-state index contributed by atoms with van der Waals surface area (Å²) in [4.78, 5) is 15.2. The molecule has 26 heavy (non-hydrogen) atoms. The van der Waals surface area contributed by atoms with Gasteiger partial charge in [0.1, 0.15) is 0 Å². The standard InChI is InChI=1S/C18H24IN5O2/c1-26-9-6-20-13-2-3-16-14(10-13)17(23-22-16)18(25)21-19-15-11-24-7-4-12(15)5-8-24/h2-3,10,12,15,20H,4-9,11H2,1H3,(H,22,23). The van der Waals surface area contributed by atoms with Gasteiger partial charge in [-0.25, -0.2) is 0 Å². The van der Waals surface area contributed by atoms with Gasteiger partial charge in [0, 0.05) is 56.2 Å². The first-order chi connectivity index (χ1) is 12.7. The molecule has 1 aromatic heterocycles. The minimum atomic E-state index is -0.488. The summed E-state index contributed by atoms with van der Waals surface area (Å²) in [7, 11) is 1.68. The molecule has 0 saturated carbocycles. The number of amides is 1. The van der Waals surface area contributed by atoms with Crippen molar-refractivity contribution in [1.82, 2.24) is 15.1 Å². The number of benzene rings is 1. The highest BCUT2D eigenvalue weighted by Crippen LogP contribution is 2.36. The van der Waals surface area contributed by atoms with Crippen molar-refractivity contribution in [2.75, 3.05) is 45.2 Å². The molecular formula is C18H24IN5O2. The first-order valence-corrected chi connectivity index (χ1v) is 11.3. The maximum atomic E-state index is 12.7. The minimum Gasteiger partial charge on any atom is -0.383 e. The summed E-state index contributed by atoms with van der Waals surface area (Å²) in [5.41, 5.74) is 2.26. The Balaban J connectivity index is 1.49. The number of hydrogen-bond donors (Lipinski definition) is 2. The Kier molecular flexibility index (Phi) is 5.60. The van der Waals surface area contributed by atoms with Gasteiger partial charge in [0.25, 0.3) is 0 Å². The fourth-order valence-electron chi connectivity index (χ4n) is 3.73. The predicted molar refractivity (Wildman–Crippen MR) is 110 cm³/mol. The van der Waals surface area contributed by atoms with Crippen molar-refractivity contribution in [3.63, 3.8) is 0 Å². The summed E-state index contributed by atoms with van der Waals surface area (Å²) in [5.74, 6) is 0.603. The van der Waals surface area contributed by atoms with Crippen molar-refractivity contribution < 1.29 is 9.53 Å². The number of aromatic amines is 1. The molecular weight excluding hydrogens is 445 g/mol. The zero-order chi connectivity index (χ0) is 17.9. The van der Waals surface area contributed by atoms with Crippen LogP contribution in [0, 0.1) is 5.92 Å². The fraction of sp³-hybridized carbons (Fsp3) is 0.556. The number of aromatic nitrogens is 2. The van der Waals surface area contributed by atoms with Crippen LogP contribution in [0.15, 0.2) is 21.3 Å². The zero-order valence-electron chi connectivity index (χ0n) is 14.9. The van der Waals surface area contributed by atoms with Crippen LogP contribution in [0.3, 0.4) is 0 Å². The molecule has 2 N–H and O–H groups in total. The largest absolute Gasteiger partial charge is 0.383 e. The van der Waals surface area contributed by atoms with Gasteiger partial charge in [0.2, 0.25) is 0 Å². The molecule has 2 bridgehead atoms. The molecule has 1 aromatic carbocycles. The van der Waals surface area contributed by atoms with Crippen molar-refractivity contribution in [1.29, 1.82) is 0 Å². The molecule has 3 saturated heterocycles.